The van der Waals surface area contributed by atoms with Gasteiger partial charge < -0.3 is 20.5 Å². The largest absolute Gasteiger partial charge is 0.354 e. The summed E-state index contributed by atoms with van der Waals surface area (Å²) >= 11 is 0. The Kier molecular flexibility index (Phi) is 8.04. The molecular formula is C24H29FN4O2. The van der Waals surface area contributed by atoms with E-state index in [1.807, 2.05) is 19.1 Å². The number of benzene rings is 2. The van der Waals surface area contributed by atoms with Gasteiger partial charge in [-0.15, -0.1) is 0 Å². The lowest BCUT2D eigenvalue weighted by atomic mass is 10.1. The van der Waals surface area contributed by atoms with E-state index in [1.165, 1.54) is 23.0 Å². The second-order valence-electron chi connectivity index (χ2n) is 7.51. The van der Waals surface area contributed by atoms with E-state index in [2.05, 4.69) is 44.9 Å². The van der Waals surface area contributed by atoms with Crippen molar-refractivity contribution < 1.29 is 14.0 Å². The van der Waals surface area contributed by atoms with Gasteiger partial charge in [-0.1, -0.05) is 43.7 Å². The van der Waals surface area contributed by atoms with Crippen LogP contribution in [-0.2, 0) is 17.9 Å². The maximum Gasteiger partial charge on any atom is 0.315 e. The number of hydrogen-bond donors (Lipinski definition) is 3. The number of aromatic nitrogens is 1. The van der Waals surface area contributed by atoms with Crippen LogP contribution in [0.5, 0.6) is 0 Å². The van der Waals surface area contributed by atoms with Crippen molar-refractivity contribution in [2.45, 2.75) is 45.3 Å². The second-order valence-corrected chi connectivity index (χ2v) is 7.51. The monoisotopic (exact) mass is 424 g/mol. The molecule has 0 fully saturated rings. The van der Waals surface area contributed by atoms with Crippen molar-refractivity contribution in [3.63, 3.8) is 0 Å². The molecule has 6 nitrogen and oxygen atoms in total. The number of para-hydroxylation sites is 1. The quantitative estimate of drug-likeness (QED) is 0.431. The maximum absolute atomic E-state index is 13.0. The lowest BCUT2D eigenvalue weighted by Crippen LogP contribution is -2.50. The third kappa shape index (κ3) is 6.57. The molecule has 31 heavy (non-hydrogen) atoms. The van der Waals surface area contributed by atoms with E-state index in [4.69, 9.17) is 0 Å². The Bertz CT molecular complexity index is 1000. The Labute approximate surface area is 181 Å². The summed E-state index contributed by atoms with van der Waals surface area (Å²) in [5.41, 5.74) is 1.96. The van der Waals surface area contributed by atoms with Gasteiger partial charge in [0.2, 0.25) is 5.91 Å². The lowest BCUT2D eigenvalue weighted by Gasteiger charge is -2.18. The Hall–Kier alpha value is -3.35. The highest BCUT2D eigenvalue weighted by Crippen LogP contribution is 2.15. The minimum Gasteiger partial charge on any atom is -0.354 e. The summed E-state index contributed by atoms with van der Waals surface area (Å²) in [5.74, 6) is -0.506. The van der Waals surface area contributed by atoms with E-state index in [9.17, 15) is 14.0 Å². The molecule has 0 unspecified atom stereocenters. The molecule has 3 N–H and O–H groups in total. The Morgan fingerprint density at radius 1 is 1.03 bits per heavy atom. The van der Waals surface area contributed by atoms with Crippen molar-refractivity contribution >= 4 is 22.8 Å². The molecule has 0 saturated carbocycles. The van der Waals surface area contributed by atoms with Crippen LogP contribution in [0.3, 0.4) is 0 Å². The van der Waals surface area contributed by atoms with Crippen molar-refractivity contribution in [1.82, 2.24) is 20.5 Å². The first kappa shape index (κ1) is 22.3. The molecule has 0 aliphatic rings. The van der Waals surface area contributed by atoms with E-state index >= 15 is 0 Å². The predicted molar refractivity (Wildman–Crippen MR) is 120 cm³/mol. The number of amides is 3. The van der Waals surface area contributed by atoms with Crippen molar-refractivity contribution in [3.05, 3.63) is 72.2 Å². The molecule has 1 heterocycles. The topological polar surface area (TPSA) is 75.2 Å². The van der Waals surface area contributed by atoms with Crippen LogP contribution in [-0.4, -0.2) is 29.1 Å². The third-order valence-electron chi connectivity index (χ3n) is 5.12. The summed E-state index contributed by atoms with van der Waals surface area (Å²) in [6.45, 7) is 3.56. The summed E-state index contributed by atoms with van der Waals surface area (Å²) in [7, 11) is 0. The standard InChI is InChI=1S/C24H29FN4O2/c1-2-6-21(28-24(31)27-17-18-9-11-20(25)12-10-18)23(30)26-14-5-15-29-16-13-19-7-3-4-8-22(19)29/h3-4,7-13,16,21H,2,5-6,14-15,17H2,1H3,(H,26,30)(H2,27,28,31)/t21-/m0/s1. The van der Waals surface area contributed by atoms with E-state index in [1.54, 1.807) is 12.1 Å². The molecule has 0 aliphatic carbocycles. The SMILES string of the molecule is CCC[C@H](NC(=O)NCc1ccc(F)cc1)C(=O)NCCCn1ccc2ccccc21. The fourth-order valence-corrected chi connectivity index (χ4v) is 3.47. The molecule has 0 aliphatic heterocycles. The first-order chi connectivity index (χ1) is 15.1. The van der Waals surface area contributed by atoms with Crippen LogP contribution in [0.1, 0.15) is 31.7 Å². The molecule has 7 heteroatoms. The van der Waals surface area contributed by atoms with Crippen molar-refractivity contribution in [2.24, 2.45) is 0 Å². The molecule has 3 rings (SSSR count). The number of nitrogens with zero attached hydrogens (tertiary/aromatic N) is 1. The fraction of sp³-hybridized carbons (Fsp3) is 0.333. The number of aryl methyl sites for hydroxylation is 1. The second kappa shape index (κ2) is 11.2. The highest BCUT2D eigenvalue weighted by Gasteiger charge is 2.19. The predicted octanol–water partition coefficient (Wildman–Crippen LogP) is 3.95. The normalized spacial score (nSPS) is 11.8. The van der Waals surface area contributed by atoms with Crippen molar-refractivity contribution in [2.75, 3.05) is 6.54 Å². The molecule has 164 valence electrons. The van der Waals surface area contributed by atoms with Gasteiger partial charge in [-0.3, -0.25) is 4.79 Å². The molecular weight excluding hydrogens is 395 g/mol. The maximum atomic E-state index is 13.0. The van der Waals surface area contributed by atoms with Crippen LogP contribution >= 0.6 is 0 Å². The number of halogens is 1. The van der Waals surface area contributed by atoms with E-state index in [-0.39, 0.29) is 18.3 Å². The zero-order chi connectivity index (χ0) is 22.1. The van der Waals surface area contributed by atoms with Crippen LogP contribution < -0.4 is 16.0 Å². The van der Waals surface area contributed by atoms with Crippen LogP contribution in [0.15, 0.2) is 60.8 Å². The molecule has 3 aromatic rings. The minimum atomic E-state index is -0.592. The van der Waals surface area contributed by atoms with Gasteiger partial charge in [-0.2, -0.15) is 0 Å². The number of hydrogen-bond acceptors (Lipinski definition) is 2. The molecule has 3 amide bonds. The van der Waals surface area contributed by atoms with Gasteiger partial charge in [-0.25, -0.2) is 9.18 Å². The minimum absolute atomic E-state index is 0.184. The summed E-state index contributed by atoms with van der Waals surface area (Å²) in [6.07, 6.45) is 4.17. The molecule has 0 saturated heterocycles. The molecule has 1 atom stereocenters. The number of urea groups is 1. The Balaban J connectivity index is 1.42. The fourth-order valence-electron chi connectivity index (χ4n) is 3.47. The first-order valence-electron chi connectivity index (χ1n) is 10.7. The van der Waals surface area contributed by atoms with Crippen LogP contribution in [0.4, 0.5) is 9.18 Å². The van der Waals surface area contributed by atoms with Gasteiger partial charge >= 0.3 is 6.03 Å². The molecule has 1 aromatic heterocycles. The van der Waals surface area contributed by atoms with Crippen molar-refractivity contribution in [1.29, 1.82) is 0 Å². The highest BCUT2D eigenvalue weighted by molar-refractivity contribution is 5.87. The van der Waals surface area contributed by atoms with Gasteiger partial charge in [0.05, 0.1) is 0 Å². The number of fused-ring (bicyclic) bond motifs is 1. The molecule has 0 bridgehead atoms. The molecule has 0 spiro atoms. The van der Waals surface area contributed by atoms with Gasteiger partial charge in [0, 0.05) is 31.3 Å². The lowest BCUT2D eigenvalue weighted by molar-refractivity contribution is -0.123. The Morgan fingerprint density at radius 3 is 2.58 bits per heavy atom. The average Bonchev–Trinajstić information content (AvgIpc) is 3.19. The van der Waals surface area contributed by atoms with Crippen LogP contribution in [0.2, 0.25) is 0 Å². The van der Waals surface area contributed by atoms with E-state index < -0.39 is 12.1 Å². The number of nitrogens with one attached hydrogen (secondary N) is 3. The van der Waals surface area contributed by atoms with Crippen LogP contribution in [0.25, 0.3) is 10.9 Å². The first-order valence-corrected chi connectivity index (χ1v) is 10.7. The zero-order valence-electron chi connectivity index (χ0n) is 17.7. The highest BCUT2D eigenvalue weighted by atomic mass is 19.1. The Morgan fingerprint density at radius 2 is 1.81 bits per heavy atom. The zero-order valence-corrected chi connectivity index (χ0v) is 17.7. The van der Waals surface area contributed by atoms with Gasteiger partial charge in [0.15, 0.2) is 0 Å². The number of carbonyl (C=O) groups excluding carboxylic acids is 2. The summed E-state index contributed by atoms with van der Waals surface area (Å²) in [4.78, 5) is 24.8. The summed E-state index contributed by atoms with van der Waals surface area (Å²) in [5, 5.41) is 9.57. The van der Waals surface area contributed by atoms with Gasteiger partial charge in [0.25, 0.3) is 0 Å². The third-order valence-corrected chi connectivity index (χ3v) is 5.12. The smallest absolute Gasteiger partial charge is 0.315 e. The molecule has 2 aromatic carbocycles. The number of rotatable bonds is 10. The summed E-state index contributed by atoms with van der Waals surface area (Å²) < 4.78 is 15.1. The summed E-state index contributed by atoms with van der Waals surface area (Å²) in [6, 6.07) is 15.2. The average molecular weight is 425 g/mol. The van der Waals surface area contributed by atoms with E-state index in [0.717, 1.165) is 24.9 Å². The molecule has 0 radical (unpaired) electrons. The van der Waals surface area contributed by atoms with E-state index in [0.29, 0.717) is 13.0 Å². The van der Waals surface area contributed by atoms with Crippen molar-refractivity contribution in [3.8, 4) is 0 Å². The van der Waals surface area contributed by atoms with Gasteiger partial charge in [0.1, 0.15) is 11.9 Å². The number of carbonyl (C=O) groups is 2. The van der Waals surface area contributed by atoms with Gasteiger partial charge in [-0.05, 0) is 48.1 Å². The van der Waals surface area contributed by atoms with Crippen LogP contribution in [0, 0.1) is 5.82 Å².